The average Bonchev–Trinajstić information content (AvgIpc) is 2.35. The molecular weight excluding hydrogens is 208 g/mol. The molecule has 0 saturated heterocycles. The molecule has 16 heavy (non-hydrogen) atoms. The molecule has 4 nitrogen and oxygen atoms in total. The number of Topliss-reactive ketones (excluding diaryl/α,β-unsaturated/α-hetero) is 1. The van der Waals surface area contributed by atoms with Crippen molar-refractivity contribution in [2.24, 2.45) is 0 Å². The monoisotopic (exact) mass is 218 g/mol. The van der Waals surface area contributed by atoms with Crippen LogP contribution in [0.15, 0.2) is 24.3 Å². The average molecular weight is 218 g/mol. The Morgan fingerprint density at radius 3 is 2.56 bits per heavy atom. The maximum absolute atomic E-state index is 11.5. The fraction of sp³-hybridized carbons (Fsp3) is 0.167. The van der Waals surface area contributed by atoms with E-state index >= 15 is 0 Å². The van der Waals surface area contributed by atoms with E-state index in [1.54, 1.807) is 24.3 Å². The summed E-state index contributed by atoms with van der Waals surface area (Å²) in [5.74, 6) is 3.62. The number of rotatable bonds is 2. The molecule has 0 aliphatic rings. The summed E-state index contributed by atoms with van der Waals surface area (Å²) < 4.78 is 9.25. The predicted octanol–water partition coefficient (Wildman–Crippen LogP) is 1.05. The summed E-state index contributed by atoms with van der Waals surface area (Å²) in [5, 5.41) is 0. The zero-order chi connectivity index (χ0) is 12.0. The van der Waals surface area contributed by atoms with Crippen molar-refractivity contribution in [2.45, 2.75) is 0 Å². The van der Waals surface area contributed by atoms with Crippen LogP contribution in [0, 0.1) is 11.8 Å². The van der Waals surface area contributed by atoms with Crippen molar-refractivity contribution in [3.05, 3.63) is 29.8 Å². The molecule has 1 aromatic carbocycles. The summed E-state index contributed by atoms with van der Waals surface area (Å²) in [7, 11) is 2.71. The third kappa shape index (κ3) is 3.14. The standard InChI is InChI=1S/C12H10O4/c1-15-10-5-3-4-9(8-10)11(13)6-7-12(14)16-2/h3-5,8H,1-2H3. The van der Waals surface area contributed by atoms with Gasteiger partial charge < -0.3 is 9.47 Å². The lowest BCUT2D eigenvalue weighted by Crippen LogP contribution is -1.99. The Morgan fingerprint density at radius 2 is 1.94 bits per heavy atom. The van der Waals surface area contributed by atoms with Crippen LogP contribution >= 0.6 is 0 Å². The molecule has 1 rings (SSSR count). The first-order chi connectivity index (χ1) is 7.67. The van der Waals surface area contributed by atoms with E-state index in [1.807, 2.05) is 0 Å². The molecule has 82 valence electrons. The van der Waals surface area contributed by atoms with Gasteiger partial charge in [-0.1, -0.05) is 12.1 Å². The minimum atomic E-state index is -0.740. The fourth-order valence-corrected chi connectivity index (χ4v) is 0.995. The van der Waals surface area contributed by atoms with E-state index in [1.165, 1.54) is 14.2 Å². The fourth-order valence-electron chi connectivity index (χ4n) is 0.995. The smallest absolute Gasteiger partial charge is 0.384 e. The number of ketones is 1. The minimum absolute atomic E-state index is 0.371. The van der Waals surface area contributed by atoms with Gasteiger partial charge in [-0.2, -0.15) is 0 Å². The summed E-state index contributed by atoms with van der Waals surface area (Å²) in [4.78, 5) is 22.2. The van der Waals surface area contributed by atoms with Gasteiger partial charge >= 0.3 is 5.97 Å². The highest BCUT2D eigenvalue weighted by Gasteiger charge is 2.03. The number of carbonyl (C=O) groups excluding carboxylic acids is 2. The van der Waals surface area contributed by atoms with Gasteiger partial charge in [-0.3, -0.25) is 4.79 Å². The first kappa shape index (κ1) is 11.8. The molecule has 0 saturated carbocycles. The second-order valence-electron chi connectivity index (χ2n) is 2.80. The van der Waals surface area contributed by atoms with Gasteiger partial charge in [-0.15, -0.1) is 0 Å². The Bertz CT molecular complexity index is 465. The molecule has 0 radical (unpaired) electrons. The molecule has 0 fully saturated rings. The Kier molecular flexibility index (Phi) is 4.10. The van der Waals surface area contributed by atoms with E-state index in [4.69, 9.17) is 4.74 Å². The molecule has 4 heteroatoms. The van der Waals surface area contributed by atoms with Gasteiger partial charge in [-0.05, 0) is 18.1 Å². The summed E-state index contributed by atoms with van der Waals surface area (Å²) in [6, 6.07) is 6.53. The topological polar surface area (TPSA) is 52.6 Å². The lowest BCUT2D eigenvalue weighted by atomic mass is 10.1. The number of carbonyl (C=O) groups is 2. The molecule has 0 amide bonds. The number of methoxy groups -OCH3 is 2. The molecule has 0 spiro atoms. The zero-order valence-electron chi connectivity index (χ0n) is 8.94. The number of hydrogen-bond acceptors (Lipinski definition) is 4. The van der Waals surface area contributed by atoms with E-state index in [0.29, 0.717) is 11.3 Å². The maximum atomic E-state index is 11.5. The Balaban J connectivity index is 2.87. The molecule has 0 atom stereocenters. The van der Waals surface area contributed by atoms with Crippen LogP contribution in [0.1, 0.15) is 10.4 Å². The lowest BCUT2D eigenvalue weighted by Gasteiger charge is -1.99. The predicted molar refractivity (Wildman–Crippen MR) is 57.1 cm³/mol. The van der Waals surface area contributed by atoms with Crippen LogP contribution in [-0.2, 0) is 9.53 Å². The summed E-state index contributed by atoms with van der Waals surface area (Å²) >= 11 is 0. The number of benzene rings is 1. The number of esters is 1. The van der Waals surface area contributed by atoms with Crippen LogP contribution in [-0.4, -0.2) is 26.0 Å². The van der Waals surface area contributed by atoms with Crippen LogP contribution in [0.4, 0.5) is 0 Å². The van der Waals surface area contributed by atoms with Gasteiger partial charge in [-0.25, -0.2) is 4.79 Å². The third-order valence-electron chi connectivity index (χ3n) is 1.80. The van der Waals surface area contributed by atoms with Crippen LogP contribution in [0.25, 0.3) is 0 Å². The summed E-state index contributed by atoms with van der Waals surface area (Å²) in [6.07, 6.45) is 0. The Hall–Kier alpha value is -2.28. The Morgan fingerprint density at radius 1 is 1.19 bits per heavy atom. The summed E-state index contributed by atoms with van der Waals surface area (Å²) in [6.45, 7) is 0. The first-order valence-electron chi connectivity index (χ1n) is 4.45. The van der Waals surface area contributed by atoms with Crippen molar-refractivity contribution in [2.75, 3.05) is 14.2 Å². The zero-order valence-corrected chi connectivity index (χ0v) is 8.94. The molecule has 0 N–H and O–H groups in total. The van der Waals surface area contributed by atoms with Gasteiger partial charge in [0, 0.05) is 11.5 Å². The van der Waals surface area contributed by atoms with Crippen LogP contribution in [0.5, 0.6) is 5.75 Å². The number of ether oxygens (including phenoxy) is 2. The number of hydrogen-bond donors (Lipinski definition) is 0. The first-order valence-corrected chi connectivity index (χ1v) is 4.45. The van der Waals surface area contributed by atoms with E-state index < -0.39 is 11.8 Å². The molecule has 0 aromatic heterocycles. The van der Waals surface area contributed by atoms with Gasteiger partial charge in [0.05, 0.1) is 14.2 Å². The molecule has 0 aliphatic heterocycles. The normalized spacial score (nSPS) is 8.62. The molecule has 1 aromatic rings. The van der Waals surface area contributed by atoms with E-state index in [-0.39, 0.29) is 0 Å². The van der Waals surface area contributed by atoms with Gasteiger partial charge in [0.2, 0.25) is 5.78 Å². The van der Waals surface area contributed by atoms with E-state index in [0.717, 1.165) is 0 Å². The lowest BCUT2D eigenvalue weighted by molar-refractivity contribution is -0.133. The molecule has 0 bridgehead atoms. The maximum Gasteiger partial charge on any atom is 0.384 e. The third-order valence-corrected chi connectivity index (χ3v) is 1.80. The highest BCUT2D eigenvalue weighted by molar-refractivity contribution is 6.11. The van der Waals surface area contributed by atoms with Crippen molar-refractivity contribution >= 4 is 11.8 Å². The van der Waals surface area contributed by atoms with E-state index in [9.17, 15) is 9.59 Å². The van der Waals surface area contributed by atoms with Crippen molar-refractivity contribution in [1.29, 1.82) is 0 Å². The molecule has 0 aliphatic carbocycles. The largest absolute Gasteiger partial charge is 0.497 e. The molecule has 0 unspecified atom stereocenters. The second-order valence-corrected chi connectivity index (χ2v) is 2.80. The summed E-state index contributed by atoms with van der Waals surface area (Å²) in [5.41, 5.74) is 0.371. The second kappa shape index (κ2) is 5.56. The van der Waals surface area contributed by atoms with Gasteiger partial charge in [0.15, 0.2) is 0 Å². The SMILES string of the molecule is COC(=O)C#CC(=O)c1cccc(OC)c1. The Labute approximate surface area is 93.2 Å². The van der Waals surface area contributed by atoms with Crippen molar-refractivity contribution in [1.82, 2.24) is 0 Å². The molecular formula is C12H10O4. The van der Waals surface area contributed by atoms with Gasteiger partial charge in [0.25, 0.3) is 0 Å². The van der Waals surface area contributed by atoms with Crippen molar-refractivity contribution < 1.29 is 19.1 Å². The van der Waals surface area contributed by atoms with Crippen LogP contribution in [0.2, 0.25) is 0 Å². The van der Waals surface area contributed by atoms with Crippen molar-refractivity contribution in [3.63, 3.8) is 0 Å². The van der Waals surface area contributed by atoms with Crippen molar-refractivity contribution in [3.8, 4) is 17.6 Å². The highest BCUT2D eigenvalue weighted by Crippen LogP contribution is 2.12. The highest BCUT2D eigenvalue weighted by atomic mass is 16.5. The quantitative estimate of drug-likeness (QED) is 0.245. The molecule has 0 heterocycles. The van der Waals surface area contributed by atoms with Gasteiger partial charge in [0.1, 0.15) is 5.75 Å². The van der Waals surface area contributed by atoms with Crippen LogP contribution < -0.4 is 4.74 Å². The van der Waals surface area contributed by atoms with Crippen LogP contribution in [0.3, 0.4) is 0 Å². The minimum Gasteiger partial charge on any atom is -0.497 e. The van der Waals surface area contributed by atoms with E-state index in [2.05, 4.69) is 16.6 Å².